The van der Waals surface area contributed by atoms with E-state index in [0.29, 0.717) is 37.4 Å². The van der Waals surface area contributed by atoms with Crippen molar-refractivity contribution in [1.82, 2.24) is 5.32 Å². The van der Waals surface area contributed by atoms with Crippen LogP contribution < -0.4 is 15.5 Å². The number of rotatable bonds is 2. The van der Waals surface area contributed by atoms with Crippen LogP contribution in [0.5, 0.6) is 0 Å². The molecule has 3 amide bonds. The average Bonchev–Trinajstić information content (AvgIpc) is 2.70. The number of para-hydroxylation sites is 2. The Kier molecular flexibility index (Phi) is 4.89. The summed E-state index contributed by atoms with van der Waals surface area (Å²) in [5.74, 6) is -0.801. The summed E-state index contributed by atoms with van der Waals surface area (Å²) in [6.45, 7) is 2.72. The quantitative estimate of drug-likeness (QED) is 0.750. The van der Waals surface area contributed by atoms with E-state index in [1.54, 1.807) is 36.1 Å². The number of ether oxygens (including phenoxy) is 1. The molecule has 2 atom stereocenters. The third-order valence-corrected chi connectivity index (χ3v) is 4.68. The number of hydrogen-bond donors (Lipinski definition) is 3. The Morgan fingerprint density at radius 3 is 2.64 bits per heavy atom. The van der Waals surface area contributed by atoms with Gasteiger partial charge in [0.05, 0.1) is 17.4 Å². The normalized spacial score (nSPS) is 24.0. The zero-order valence-electron chi connectivity index (χ0n) is 13.9. The van der Waals surface area contributed by atoms with E-state index in [2.05, 4.69) is 10.6 Å². The van der Waals surface area contributed by atoms with Crippen LogP contribution in [0.15, 0.2) is 24.3 Å². The monoisotopic (exact) mass is 347 g/mol. The molecule has 0 saturated carbocycles. The van der Waals surface area contributed by atoms with Crippen LogP contribution in [0.1, 0.15) is 19.8 Å². The molecule has 0 aliphatic carbocycles. The molecule has 3 N–H and O–H groups in total. The van der Waals surface area contributed by atoms with Gasteiger partial charge in [-0.15, -0.1) is 0 Å². The topological polar surface area (TPSA) is 108 Å². The lowest BCUT2D eigenvalue weighted by Crippen LogP contribution is -2.57. The van der Waals surface area contributed by atoms with Crippen LogP contribution >= 0.6 is 0 Å². The fourth-order valence-electron chi connectivity index (χ4n) is 3.37. The van der Waals surface area contributed by atoms with E-state index in [0.717, 1.165) is 0 Å². The van der Waals surface area contributed by atoms with Crippen molar-refractivity contribution in [2.24, 2.45) is 5.92 Å². The number of hydrogen-bond acceptors (Lipinski definition) is 4. The minimum absolute atomic E-state index is 0.114. The molecule has 2 aliphatic heterocycles. The summed E-state index contributed by atoms with van der Waals surface area (Å²) in [5.41, 5.74) is 1.07. The number of carboxylic acid groups (broad SMARTS) is 1. The molecule has 0 unspecified atom stereocenters. The van der Waals surface area contributed by atoms with Crippen LogP contribution in [0.2, 0.25) is 0 Å². The second-order valence-electron chi connectivity index (χ2n) is 6.27. The van der Waals surface area contributed by atoms with Crippen LogP contribution in [0.25, 0.3) is 0 Å². The maximum absolute atomic E-state index is 13.2. The van der Waals surface area contributed by atoms with Crippen molar-refractivity contribution in [2.75, 3.05) is 23.4 Å². The second-order valence-corrected chi connectivity index (χ2v) is 6.27. The third kappa shape index (κ3) is 3.43. The number of carbonyl (C=O) groups is 3. The Hall–Kier alpha value is -2.61. The van der Waals surface area contributed by atoms with Gasteiger partial charge in [0.1, 0.15) is 6.04 Å². The number of carbonyl (C=O) groups excluding carboxylic acids is 2. The molecule has 0 bridgehead atoms. The van der Waals surface area contributed by atoms with Gasteiger partial charge in [-0.25, -0.2) is 4.79 Å². The number of nitrogens with zero attached hydrogens (tertiary/aromatic N) is 1. The number of fused-ring (bicyclic) bond motifs is 1. The predicted octanol–water partition coefficient (Wildman–Crippen LogP) is 1.42. The smallest absolute Gasteiger partial charge is 0.405 e. The summed E-state index contributed by atoms with van der Waals surface area (Å²) < 4.78 is 5.32. The molecule has 3 rings (SSSR count). The average molecular weight is 347 g/mol. The van der Waals surface area contributed by atoms with Crippen LogP contribution in [-0.4, -0.2) is 48.3 Å². The summed E-state index contributed by atoms with van der Waals surface area (Å²) in [6.07, 6.45) is -0.0814. The van der Waals surface area contributed by atoms with E-state index in [9.17, 15) is 14.4 Å². The van der Waals surface area contributed by atoms with Gasteiger partial charge in [-0.05, 0) is 31.9 Å². The van der Waals surface area contributed by atoms with Crippen molar-refractivity contribution in [3.05, 3.63) is 24.3 Å². The van der Waals surface area contributed by atoms with Crippen LogP contribution in [0.3, 0.4) is 0 Å². The Labute approximate surface area is 145 Å². The van der Waals surface area contributed by atoms with Gasteiger partial charge in [-0.2, -0.15) is 0 Å². The fourth-order valence-corrected chi connectivity index (χ4v) is 3.37. The molecule has 1 aromatic carbocycles. The lowest BCUT2D eigenvalue weighted by atomic mass is 9.96. The molecule has 1 aromatic rings. The lowest BCUT2D eigenvalue weighted by molar-refractivity contribution is -0.126. The van der Waals surface area contributed by atoms with Crippen molar-refractivity contribution < 1.29 is 24.2 Å². The highest BCUT2D eigenvalue weighted by molar-refractivity contribution is 6.07. The Morgan fingerprint density at radius 2 is 1.96 bits per heavy atom. The molecule has 134 valence electrons. The van der Waals surface area contributed by atoms with E-state index in [-0.39, 0.29) is 11.8 Å². The van der Waals surface area contributed by atoms with E-state index in [1.807, 2.05) is 0 Å². The van der Waals surface area contributed by atoms with Crippen LogP contribution in [0, 0.1) is 5.92 Å². The first-order valence-electron chi connectivity index (χ1n) is 8.29. The van der Waals surface area contributed by atoms with Crippen molar-refractivity contribution in [1.29, 1.82) is 0 Å². The molecule has 0 aromatic heterocycles. The zero-order chi connectivity index (χ0) is 18.0. The van der Waals surface area contributed by atoms with Gasteiger partial charge in [0, 0.05) is 19.1 Å². The van der Waals surface area contributed by atoms with Crippen molar-refractivity contribution in [3.8, 4) is 0 Å². The number of anilines is 2. The van der Waals surface area contributed by atoms with E-state index < -0.39 is 24.1 Å². The molecule has 1 fully saturated rings. The van der Waals surface area contributed by atoms with Gasteiger partial charge in [0.25, 0.3) is 0 Å². The Morgan fingerprint density at radius 1 is 1.28 bits per heavy atom. The molecule has 1 saturated heterocycles. The molecule has 2 heterocycles. The summed E-state index contributed by atoms with van der Waals surface area (Å²) in [7, 11) is 0. The molecule has 2 aliphatic rings. The molecule has 8 heteroatoms. The van der Waals surface area contributed by atoms with Crippen LogP contribution in [-0.2, 0) is 14.3 Å². The second kappa shape index (κ2) is 7.10. The standard InChI is InChI=1S/C17H21N3O5/c1-10-14(19-17(23)24)15(21)18-12-4-2-3-5-13(12)20(10)16(22)11-6-8-25-9-7-11/h2-5,10-11,14,19H,6-9H2,1H3,(H,18,21)(H,23,24)/t10-,14-/m0/s1. The van der Waals surface area contributed by atoms with Gasteiger partial charge >= 0.3 is 6.09 Å². The van der Waals surface area contributed by atoms with E-state index in [4.69, 9.17) is 9.84 Å². The molecule has 25 heavy (non-hydrogen) atoms. The lowest BCUT2D eigenvalue weighted by Gasteiger charge is -2.35. The zero-order valence-corrected chi connectivity index (χ0v) is 13.9. The Balaban J connectivity index is 2.00. The predicted molar refractivity (Wildman–Crippen MR) is 90.5 cm³/mol. The number of benzene rings is 1. The van der Waals surface area contributed by atoms with Gasteiger partial charge in [0.2, 0.25) is 11.8 Å². The fraction of sp³-hybridized carbons (Fsp3) is 0.471. The first kappa shape index (κ1) is 17.2. The minimum atomic E-state index is -1.31. The van der Waals surface area contributed by atoms with Crippen molar-refractivity contribution >= 4 is 29.3 Å². The summed E-state index contributed by atoms with van der Waals surface area (Å²) in [5, 5.41) is 14.0. The summed E-state index contributed by atoms with van der Waals surface area (Å²) in [6, 6.07) is 5.28. The van der Waals surface area contributed by atoms with Crippen molar-refractivity contribution in [3.63, 3.8) is 0 Å². The van der Waals surface area contributed by atoms with Crippen molar-refractivity contribution in [2.45, 2.75) is 31.8 Å². The highest BCUT2D eigenvalue weighted by Gasteiger charge is 2.40. The number of nitrogens with one attached hydrogen (secondary N) is 2. The summed E-state index contributed by atoms with van der Waals surface area (Å²) in [4.78, 5) is 38.3. The van der Waals surface area contributed by atoms with Gasteiger partial charge in [-0.1, -0.05) is 12.1 Å². The first-order chi connectivity index (χ1) is 12.0. The van der Waals surface area contributed by atoms with Gasteiger partial charge in [0.15, 0.2) is 0 Å². The van der Waals surface area contributed by atoms with Gasteiger partial charge in [-0.3, -0.25) is 9.59 Å². The highest BCUT2D eigenvalue weighted by Crippen LogP contribution is 2.33. The molecule has 0 spiro atoms. The Bertz CT molecular complexity index is 687. The largest absolute Gasteiger partial charge is 0.465 e. The molecular weight excluding hydrogens is 326 g/mol. The molecule has 0 radical (unpaired) electrons. The molecule has 8 nitrogen and oxygen atoms in total. The minimum Gasteiger partial charge on any atom is -0.465 e. The van der Waals surface area contributed by atoms with Gasteiger partial charge < -0.3 is 25.4 Å². The third-order valence-electron chi connectivity index (χ3n) is 4.68. The highest BCUT2D eigenvalue weighted by atomic mass is 16.5. The number of amides is 3. The first-order valence-corrected chi connectivity index (χ1v) is 8.29. The SMILES string of the molecule is C[C@H]1[C@H](NC(=O)O)C(=O)Nc2ccccc2N1C(=O)C1CCOCC1. The maximum Gasteiger partial charge on any atom is 0.405 e. The van der Waals surface area contributed by atoms with E-state index >= 15 is 0 Å². The molecular formula is C17H21N3O5. The summed E-state index contributed by atoms with van der Waals surface area (Å²) >= 11 is 0. The van der Waals surface area contributed by atoms with Crippen LogP contribution in [0.4, 0.5) is 16.2 Å². The van der Waals surface area contributed by atoms with E-state index in [1.165, 1.54) is 0 Å². The maximum atomic E-state index is 13.2.